The van der Waals surface area contributed by atoms with Gasteiger partial charge < -0.3 is 15.0 Å². The van der Waals surface area contributed by atoms with Crippen LogP contribution in [0.3, 0.4) is 0 Å². The minimum Gasteiger partial charge on any atom is -0.494 e. The highest BCUT2D eigenvalue weighted by atomic mass is 16.5. The fraction of sp³-hybridized carbons (Fsp3) is 0.381. The Morgan fingerprint density at radius 3 is 2.64 bits per heavy atom. The summed E-state index contributed by atoms with van der Waals surface area (Å²) in [4.78, 5) is 15.1. The summed E-state index contributed by atoms with van der Waals surface area (Å²) in [7, 11) is 0. The number of amides is 1. The summed E-state index contributed by atoms with van der Waals surface area (Å²) < 4.78 is 5.79. The molecule has 4 nitrogen and oxygen atoms in total. The van der Waals surface area contributed by atoms with Crippen LogP contribution in [0, 0.1) is 0 Å². The van der Waals surface area contributed by atoms with Crippen LogP contribution in [0.25, 0.3) is 0 Å². The van der Waals surface area contributed by atoms with Gasteiger partial charge in [-0.25, -0.2) is 0 Å². The van der Waals surface area contributed by atoms with Crippen LogP contribution in [0.15, 0.2) is 48.5 Å². The van der Waals surface area contributed by atoms with E-state index in [4.69, 9.17) is 4.74 Å². The first kappa shape index (κ1) is 17.3. The average Bonchev–Trinajstić information content (AvgIpc) is 2.60. The molecule has 1 N–H and O–H groups in total. The van der Waals surface area contributed by atoms with Crippen molar-refractivity contribution >= 4 is 11.6 Å². The molecule has 0 saturated carbocycles. The summed E-state index contributed by atoms with van der Waals surface area (Å²) in [6.07, 6.45) is 0.962. The molecule has 0 bridgehead atoms. The molecular formula is C21H26N2O2. The van der Waals surface area contributed by atoms with E-state index >= 15 is 0 Å². The molecule has 1 aliphatic rings. The van der Waals surface area contributed by atoms with Crippen LogP contribution in [0.4, 0.5) is 5.69 Å². The summed E-state index contributed by atoms with van der Waals surface area (Å²) >= 11 is 0. The summed E-state index contributed by atoms with van der Waals surface area (Å²) in [6, 6.07) is 15.8. The first-order chi connectivity index (χ1) is 12.0. The fourth-order valence-corrected chi connectivity index (χ4v) is 3.50. The Morgan fingerprint density at radius 1 is 1.16 bits per heavy atom. The van der Waals surface area contributed by atoms with E-state index < -0.39 is 5.66 Å². The van der Waals surface area contributed by atoms with Gasteiger partial charge in [-0.3, -0.25) is 4.79 Å². The molecule has 1 unspecified atom stereocenters. The van der Waals surface area contributed by atoms with Crippen LogP contribution in [-0.4, -0.2) is 23.5 Å². The third-order valence-electron chi connectivity index (χ3n) is 4.62. The molecule has 0 radical (unpaired) electrons. The van der Waals surface area contributed by atoms with Gasteiger partial charge in [0.15, 0.2) is 0 Å². The third-order valence-corrected chi connectivity index (χ3v) is 4.62. The smallest absolute Gasteiger partial charge is 0.258 e. The van der Waals surface area contributed by atoms with Gasteiger partial charge in [0, 0.05) is 17.3 Å². The van der Waals surface area contributed by atoms with E-state index in [0.717, 1.165) is 23.4 Å². The summed E-state index contributed by atoms with van der Waals surface area (Å²) in [5, 5.41) is 3.58. The molecule has 1 amide bonds. The van der Waals surface area contributed by atoms with Crippen molar-refractivity contribution in [3.63, 3.8) is 0 Å². The SMILES string of the molecule is CCCOc1cccc(C2(C)Nc3ccccc3C(=O)N2C(C)C)c1. The van der Waals surface area contributed by atoms with Crippen LogP contribution in [0.2, 0.25) is 0 Å². The van der Waals surface area contributed by atoms with E-state index in [-0.39, 0.29) is 11.9 Å². The predicted octanol–water partition coefficient (Wildman–Crippen LogP) is 4.62. The van der Waals surface area contributed by atoms with Crippen LogP contribution in [-0.2, 0) is 5.66 Å². The van der Waals surface area contributed by atoms with E-state index in [1.165, 1.54) is 0 Å². The minimum absolute atomic E-state index is 0.0479. The van der Waals surface area contributed by atoms with Crippen LogP contribution >= 0.6 is 0 Å². The number of para-hydroxylation sites is 1. The van der Waals surface area contributed by atoms with Gasteiger partial charge in [-0.15, -0.1) is 0 Å². The minimum atomic E-state index is -0.634. The first-order valence-corrected chi connectivity index (χ1v) is 8.91. The number of rotatable bonds is 5. The maximum absolute atomic E-state index is 13.2. The van der Waals surface area contributed by atoms with Gasteiger partial charge in [0.2, 0.25) is 0 Å². The fourth-order valence-electron chi connectivity index (χ4n) is 3.50. The predicted molar refractivity (Wildman–Crippen MR) is 101 cm³/mol. The lowest BCUT2D eigenvalue weighted by atomic mass is 9.92. The zero-order valence-corrected chi connectivity index (χ0v) is 15.4. The number of nitrogens with one attached hydrogen (secondary N) is 1. The van der Waals surface area contributed by atoms with E-state index in [1.807, 2.05) is 67.3 Å². The molecule has 0 spiro atoms. The Morgan fingerprint density at radius 2 is 1.92 bits per heavy atom. The second kappa shape index (κ2) is 6.79. The van der Waals surface area contributed by atoms with Crippen LogP contribution in [0.1, 0.15) is 50.0 Å². The highest BCUT2D eigenvalue weighted by Gasteiger charge is 2.43. The molecule has 2 aromatic carbocycles. The molecule has 1 aliphatic heterocycles. The molecule has 0 aliphatic carbocycles. The maximum atomic E-state index is 13.2. The van der Waals surface area contributed by atoms with Gasteiger partial charge in [0.1, 0.15) is 11.4 Å². The maximum Gasteiger partial charge on any atom is 0.258 e. The van der Waals surface area contributed by atoms with Gasteiger partial charge in [-0.2, -0.15) is 0 Å². The van der Waals surface area contributed by atoms with Gasteiger partial charge in [-0.1, -0.05) is 31.2 Å². The van der Waals surface area contributed by atoms with Crippen molar-refractivity contribution in [3.05, 3.63) is 59.7 Å². The molecule has 3 rings (SSSR count). The molecule has 4 heteroatoms. The van der Waals surface area contributed by atoms with Crippen molar-refractivity contribution in [1.82, 2.24) is 4.90 Å². The van der Waals surface area contributed by atoms with Crippen molar-refractivity contribution in [1.29, 1.82) is 0 Å². The van der Waals surface area contributed by atoms with Gasteiger partial charge in [0.25, 0.3) is 5.91 Å². The standard InChI is InChI=1S/C21H26N2O2/c1-5-13-25-17-10-8-9-16(14-17)21(4)22-19-12-7-6-11-18(19)20(24)23(21)15(2)3/h6-12,14-15,22H,5,13H2,1-4H3. The highest BCUT2D eigenvalue weighted by Crippen LogP contribution is 2.39. The second-order valence-electron chi connectivity index (χ2n) is 6.89. The lowest BCUT2D eigenvalue weighted by Crippen LogP contribution is -2.58. The average molecular weight is 338 g/mol. The Bertz CT molecular complexity index is 772. The monoisotopic (exact) mass is 338 g/mol. The summed E-state index contributed by atoms with van der Waals surface area (Å²) in [5.74, 6) is 0.879. The lowest BCUT2D eigenvalue weighted by molar-refractivity contribution is 0.0433. The van der Waals surface area contributed by atoms with Crippen molar-refractivity contribution in [2.45, 2.75) is 45.8 Å². The van der Waals surface area contributed by atoms with Crippen LogP contribution in [0.5, 0.6) is 5.75 Å². The molecule has 0 aromatic heterocycles. The van der Waals surface area contributed by atoms with Crippen molar-refractivity contribution in [2.24, 2.45) is 0 Å². The lowest BCUT2D eigenvalue weighted by Gasteiger charge is -2.48. The summed E-state index contributed by atoms with van der Waals surface area (Å²) in [6.45, 7) is 8.92. The first-order valence-electron chi connectivity index (χ1n) is 8.91. The molecule has 1 heterocycles. The number of anilines is 1. The molecule has 132 valence electrons. The Balaban J connectivity index is 2.07. The number of nitrogens with zero attached hydrogens (tertiary/aromatic N) is 1. The van der Waals surface area contributed by atoms with Gasteiger partial charge in [-0.05, 0) is 51.5 Å². The van der Waals surface area contributed by atoms with E-state index in [2.05, 4.69) is 19.2 Å². The highest BCUT2D eigenvalue weighted by molar-refractivity contribution is 6.02. The number of carbonyl (C=O) groups is 1. The number of fused-ring (bicyclic) bond motifs is 1. The number of hydrogen-bond donors (Lipinski definition) is 1. The van der Waals surface area contributed by atoms with Crippen LogP contribution < -0.4 is 10.1 Å². The van der Waals surface area contributed by atoms with E-state index in [1.54, 1.807) is 0 Å². The second-order valence-corrected chi connectivity index (χ2v) is 6.89. The number of hydrogen-bond acceptors (Lipinski definition) is 3. The Hall–Kier alpha value is -2.49. The summed E-state index contributed by atoms with van der Waals surface area (Å²) in [5.41, 5.74) is 1.96. The topological polar surface area (TPSA) is 41.6 Å². The largest absolute Gasteiger partial charge is 0.494 e. The van der Waals surface area contributed by atoms with Gasteiger partial charge in [0.05, 0.1) is 12.2 Å². The van der Waals surface area contributed by atoms with Crippen molar-refractivity contribution in [2.75, 3.05) is 11.9 Å². The third kappa shape index (κ3) is 3.09. The zero-order chi connectivity index (χ0) is 18.0. The van der Waals surface area contributed by atoms with Crippen molar-refractivity contribution < 1.29 is 9.53 Å². The number of ether oxygens (including phenoxy) is 1. The quantitative estimate of drug-likeness (QED) is 0.864. The van der Waals surface area contributed by atoms with E-state index in [0.29, 0.717) is 12.2 Å². The van der Waals surface area contributed by atoms with Gasteiger partial charge >= 0.3 is 0 Å². The molecule has 1 atom stereocenters. The molecule has 2 aromatic rings. The number of benzene rings is 2. The van der Waals surface area contributed by atoms with Crippen molar-refractivity contribution in [3.8, 4) is 5.75 Å². The number of carbonyl (C=O) groups excluding carboxylic acids is 1. The Labute approximate surface area is 149 Å². The molecule has 25 heavy (non-hydrogen) atoms. The Kier molecular flexibility index (Phi) is 4.71. The molecule has 0 saturated heterocycles. The normalized spacial score (nSPS) is 19.6. The zero-order valence-electron chi connectivity index (χ0n) is 15.4. The molecule has 0 fully saturated rings. The molecular weight excluding hydrogens is 312 g/mol. The van der Waals surface area contributed by atoms with E-state index in [9.17, 15) is 4.79 Å².